The Labute approximate surface area is 181 Å². The summed E-state index contributed by atoms with van der Waals surface area (Å²) in [5, 5.41) is 20.0. The van der Waals surface area contributed by atoms with E-state index in [4.69, 9.17) is 4.74 Å². The fourth-order valence-electron chi connectivity index (χ4n) is 2.91. The highest BCUT2D eigenvalue weighted by molar-refractivity contribution is 6.68. The highest BCUT2D eigenvalue weighted by Crippen LogP contribution is 2.15. The summed E-state index contributed by atoms with van der Waals surface area (Å²) in [6, 6.07) is 25.9. The van der Waals surface area contributed by atoms with Gasteiger partial charge in [0.1, 0.15) is 5.75 Å². The lowest BCUT2D eigenvalue weighted by Gasteiger charge is -2.11. The topological polar surface area (TPSA) is 95.3 Å². The number of aryl methyl sites for hydroxylation is 1. The van der Waals surface area contributed by atoms with Gasteiger partial charge in [0.15, 0.2) is 5.71 Å². The molecule has 7 heteroatoms. The van der Waals surface area contributed by atoms with E-state index in [0.717, 1.165) is 17.0 Å². The van der Waals surface area contributed by atoms with Crippen molar-refractivity contribution in [3.8, 4) is 5.75 Å². The van der Waals surface area contributed by atoms with Crippen LogP contribution < -0.4 is 15.5 Å². The molecule has 0 bridgehead atoms. The molecule has 0 radical (unpaired) electrons. The third-order valence-corrected chi connectivity index (χ3v) is 4.50. The van der Waals surface area contributed by atoms with Crippen LogP contribution in [0.4, 0.5) is 11.4 Å². The van der Waals surface area contributed by atoms with Crippen molar-refractivity contribution in [2.24, 2.45) is 10.3 Å². The van der Waals surface area contributed by atoms with Gasteiger partial charge in [-0.1, -0.05) is 53.7 Å². The van der Waals surface area contributed by atoms with E-state index < -0.39 is 5.91 Å². The molecule has 7 nitrogen and oxygen atoms in total. The first kappa shape index (κ1) is 21.6. The summed E-state index contributed by atoms with van der Waals surface area (Å²) in [6.07, 6.45) is 0.943. The Bertz CT molecular complexity index is 1050. The van der Waals surface area contributed by atoms with Gasteiger partial charge in [0.05, 0.1) is 18.5 Å². The lowest BCUT2D eigenvalue weighted by Crippen LogP contribution is -2.31. The average Bonchev–Trinajstić information content (AvgIpc) is 2.82. The predicted octanol–water partition coefficient (Wildman–Crippen LogP) is 4.56. The van der Waals surface area contributed by atoms with Crippen molar-refractivity contribution >= 4 is 28.7 Å². The molecule has 0 saturated heterocycles. The lowest BCUT2D eigenvalue weighted by molar-refractivity contribution is -0.110. The molecule has 3 aromatic carbocycles. The van der Waals surface area contributed by atoms with Gasteiger partial charge in [-0.2, -0.15) is 5.10 Å². The molecule has 0 aromatic heterocycles. The molecule has 0 aliphatic rings. The minimum Gasteiger partial charge on any atom is -0.497 e. The molecule has 0 aliphatic heterocycles. The van der Waals surface area contributed by atoms with Crippen LogP contribution in [0.5, 0.6) is 5.75 Å². The third kappa shape index (κ3) is 6.43. The maximum absolute atomic E-state index is 12.8. The first-order chi connectivity index (χ1) is 15.2. The van der Waals surface area contributed by atoms with E-state index in [1.807, 2.05) is 60.7 Å². The molecule has 158 valence electrons. The minimum absolute atomic E-state index is 0.157. The molecular formula is C24H24N4O3. The number of amides is 1. The first-order valence-corrected chi connectivity index (χ1v) is 9.79. The van der Waals surface area contributed by atoms with E-state index >= 15 is 0 Å². The molecule has 3 rings (SSSR count). The number of ether oxygens (including phenoxy) is 1. The van der Waals surface area contributed by atoms with Crippen molar-refractivity contribution in [2.45, 2.75) is 12.8 Å². The van der Waals surface area contributed by atoms with E-state index in [-0.39, 0.29) is 5.71 Å². The minimum atomic E-state index is -0.548. The van der Waals surface area contributed by atoms with Gasteiger partial charge in [0, 0.05) is 5.69 Å². The van der Waals surface area contributed by atoms with Crippen LogP contribution >= 0.6 is 0 Å². The summed E-state index contributed by atoms with van der Waals surface area (Å²) in [5.41, 5.74) is 5.45. The number of hydrogen-bond acceptors (Lipinski definition) is 6. The fourth-order valence-corrected chi connectivity index (χ4v) is 2.91. The molecule has 3 N–H and O–H groups in total. The SMILES string of the molecule is COc1cccc(CCC(=N\Nc2ccccc2)/C(=N\O)C(=O)Nc2ccccc2)c1. The summed E-state index contributed by atoms with van der Waals surface area (Å²) in [7, 11) is 1.61. The standard InChI is InChI=1S/C24H24N4O3/c1-31-21-14-8-9-18(17-21)15-16-22(27-26-20-12-6-3-7-13-20)23(28-30)24(29)25-19-10-4-2-5-11-19/h2-14,17,26,30H,15-16H2,1H3,(H,25,29)/b27-22+,28-23+. The molecule has 31 heavy (non-hydrogen) atoms. The molecule has 0 unspecified atom stereocenters. The molecule has 0 spiro atoms. The number of carbonyl (C=O) groups is 1. The van der Waals surface area contributed by atoms with Crippen molar-refractivity contribution in [2.75, 3.05) is 17.9 Å². The smallest absolute Gasteiger partial charge is 0.279 e. The summed E-state index contributed by atoms with van der Waals surface area (Å²) >= 11 is 0. The van der Waals surface area contributed by atoms with Crippen LogP contribution in [0, 0.1) is 0 Å². The van der Waals surface area contributed by atoms with Gasteiger partial charge < -0.3 is 15.3 Å². The van der Waals surface area contributed by atoms with Crippen molar-refractivity contribution in [3.05, 3.63) is 90.5 Å². The highest BCUT2D eigenvalue weighted by Gasteiger charge is 2.20. The third-order valence-electron chi connectivity index (χ3n) is 4.50. The van der Waals surface area contributed by atoms with Gasteiger partial charge >= 0.3 is 0 Å². The number of nitrogens with zero attached hydrogens (tertiary/aromatic N) is 2. The number of anilines is 2. The molecule has 3 aromatic rings. The zero-order valence-electron chi connectivity index (χ0n) is 17.2. The van der Waals surface area contributed by atoms with Gasteiger partial charge in [0.25, 0.3) is 5.91 Å². The van der Waals surface area contributed by atoms with E-state index in [1.165, 1.54) is 0 Å². The number of benzene rings is 3. The van der Waals surface area contributed by atoms with Crippen LogP contribution in [0.25, 0.3) is 0 Å². The van der Waals surface area contributed by atoms with E-state index in [0.29, 0.717) is 24.2 Å². The number of oxime groups is 1. The molecule has 0 heterocycles. The van der Waals surface area contributed by atoms with Crippen molar-refractivity contribution < 1.29 is 14.7 Å². The van der Waals surface area contributed by atoms with E-state index in [1.54, 1.807) is 31.4 Å². The number of methoxy groups -OCH3 is 1. The van der Waals surface area contributed by atoms with Crippen LogP contribution in [0.3, 0.4) is 0 Å². The Morgan fingerprint density at radius 2 is 1.61 bits per heavy atom. The normalized spacial score (nSPS) is 11.6. The van der Waals surface area contributed by atoms with E-state index in [9.17, 15) is 10.0 Å². The second-order valence-corrected chi connectivity index (χ2v) is 6.66. The number of hydrazone groups is 1. The number of hydrogen-bond donors (Lipinski definition) is 3. The largest absolute Gasteiger partial charge is 0.497 e. The lowest BCUT2D eigenvalue weighted by atomic mass is 10.0. The van der Waals surface area contributed by atoms with Crippen LogP contribution in [0.1, 0.15) is 12.0 Å². The van der Waals surface area contributed by atoms with Gasteiger partial charge in [-0.3, -0.25) is 10.2 Å². The van der Waals surface area contributed by atoms with Crippen molar-refractivity contribution in [1.82, 2.24) is 0 Å². The Morgan fingerprint density at radius 3 is 2.26 bits per heavy atom. The zero-order valence-corrected chi connectivity index (χ0v) is 17.2. The van der Waals surface area contributed by atoms with Gasteiger partial charge in [-0.15, -0.1) is 0 Å². The highest BCUT2D eigenvalue weighted by atomic mass is 16.5. The zero-order chi connectivity index (χ0) is 21.9. The monoisotopic (exact) mass is 416 g/mol. The second-order valence-electron chi connectivity index (χ2n) is 6.66. The average molecular weight is 416 g/mol. The van der Waals surface area contributed by atoms with Crippen LogP contribution in [0.2, 0.25) is 0 Å². The number of nitrogens with one attached hydrogen (secondary N) is 2. The molecule has 1 amide bonds. The Hall–Kier alpha value is -4.13. The number of para-hydroxylation sites is 2. The first-order valence-electron chi connectivity index (χ1n) is 9.79. The van der Waals surface area contributed by atoms with Gasteiger partial charge in [0.2, 0.25) is 0 Å². The van der Waals surface area contributed by atoms with Gasteiger partial charge in [-0.05, 0) is 54.8 Å². The van der Waals surface area contributed by atoms with Crippen LogP contribution in [0.15, 0.2) is 95.2 Å². The van der Waals surface area contributed by atoms with Gasteiger partial charge in [-0.25, -0.2) is 0 Å². The second kappa shape index (κ2) is 11.2. The van der Waals surface area contributed by atoms with Crippen molar-refractivity contribution in [1.29, 1.82) is 0 Å². The molecule has 0 fully saturated rings. The Morgan fingerprint density at radius 1 is 0.935 bits per heavy atom. The Kier molecular flexibility index (Phi) is 7.77. The molecule has 0 aliphatic carbocycles. The molecule has 0 saturated carbocycles. The maximum atomic E-state index is 12.8. The predicted molar refractivity (Wildman–Crippen MR) is 123 cm³/mol. The quantitative estimate of drug-likeness (QED) is 0.271. The van der Waals surface area contributed by atoms with Crippen LogP contribution in [-0.2, 0) is 11.2 Å². The van der Waals surface area contributed by atoms with E-state index in [2.05, 4.69) is 21.0 Å². The van der Waals surface area contributed by atoms with Crippen LogP contribution in [-0.4, -0.2) is 29.6 Å². The Balaban J connectivity index is 1.81. The number of carbonyl (C=O) groups excluding carboxylic acids is 1. The fraction of sp³-hybridized carbons (Fsp3) is 0.125. The molecular weight excluding hydrogens is 392 g/mol. The summed E-state index contributed by atoms with van der Waals surface area (Å²) in [5.74, 6) is 0.198. The molecule has 0 atom stereocenters. The van der Waals surface area contributed by atoms with Crippen molar-refractivity contribution in [3.63, 3.8) is 0 Å². The summed E-state index contributed by atoms with van der Waals surface area (Å²) in [4.78, 5) is 12.8. The maximum Gasteiger partial charge on any atom is 0.279 e. The summed E-state index contributed by atoms with van der Waals surface area (Å²) in [6.45, 7) is 0. The number of rotatable bonds is 9. The summed E-state index contributed by atoms with van der Waals surface area (Å²) < 4.78 is 5.27.